The van der Waals surface area contributed by atoms with E-state index < -0.39 is 17.5 Å². The number of hydrogen-bond donors (Lipinski definition) is 1. The Morgan fingerprint density at radius 1 is 1.21 bits per heavy atom. The summed E-state index contributed by atoms with van der Waals surface area (Å²) < 4.78 is 29.0. The van der Waals surface area contributed by atoms with Crippen LogP contribution >= 0.6 is 0 Å². The zero-order chi connectivity index (χ0) is 20.5. The highest BCUT2D eigenvalue weighted by Crippen LogP contribution is 2.27. The third-order valence-corrected chi connectivity index (χ3v) is 4.80. The van der Waals surface area contributed by atoms with Crippen molar-refractivity contribution in [3.63, 3.8) is 0 Å². The lowest BCUT2D eigenvalue weighted by atomic mass is 10.1. The van der Waals surface area contributed by atoms with Crippen molar-refractivity contribution in [2.24, 2.45) is 7.05 Å². The summed E-state index contributed by atoms with van der Waals surface area (Å²) >= 11 is 0. The molecule has 1 aliphatic heterocycles. The second-order valence-corrected chi connectivity index (χ2v) is 6.73. The summed E-state index contributed by atoms with van der Waals surface area (Å²) in [4.78, 5) is 30.6. The average molecular weight is 397 g/mol. The molecular formula is C20H17F2N5O2. The van der Waals surface area contributed by atoms with Gasteiger partial charge in [-0.3, -0.25) is 19.3 Å². The molecule has 0 bridgehead atoms. The van der Waals surface area contributed by atoms with Crippen LogP contribution in [0.5, 0.6) is 0 Å². The molecule has 0 saturated carbocycles. The molecule has 1 aromatic carbocycles. The smallest absolute Gasteiger partial charge is 0.272 e. The number of aromatic nitrogens is 3. The molecule has 7 nitrogen and oxygen atoms in total. The Bertz CT molecular complexity index is 1100. The van der Waals surface area contributed by atoms with Crippen molar-refractivity contribution in [1.29, 1.82) is 0 Å². The summed E-state index contributed by atoms with van der Waals surface area (Å²) in [7, 11) is 1.67. The molecule has 0 unspecified atom stereocenters. The van der Waals surface area contributed by atoms with Crippen molar-refractivity contribution >= 4 is 11.8 Å². The molecule has 0 saturated heterocycles. The fraction of sp³-hybridized carbons (Fsp3) is 0.200. The molecule has 0 fully saturated rings. The van der Waals surface area contributed by atoms with Crippen LogP contribution in [0.15, 0.2) is 42.7 Å². The first-order valence-corrected chi connectivity index (χ1v) is 8.90. The highest BCUT2D eigenvalue weighted by molar-refractivity contribution is 5.97. The van der Waals surface area contributed by atoms with E-state index in [4.69, 9.17) is 0 Å². The molecule has 4 rings (SSSR count). The summed E-state index contributed by atoms with van der Waals surface area (Å²) in [5.74, 6) is -2.50. The predicted octanol–water partition coefficient (Wildman–Crippen LogP) is 2.18. The van der Waals surface area contributed by atoms with E-state index in [1.807, 2.05) is 6.07 Å². The molecule has 0 aliphatic carbocycles. The number of pyridine rings is 1. The predicted molar refractivity (Wildman–Crippen MR) is 98.6 cm³/mol. The van der Waals surface area contributed by atoms with Crippen LogP contribution in [0.3, 0.4) is 0 Å². The van der Waals surface area contributed by atoms with Gasteiger partial charge in [0.15, 0.2) is 5.69 Å². The first-order valence-electron chi connectivity index (χ1n) is 8.90. The fourth-order valence-electron chi connectivity index (χ4n) is 3.32. The second-order valence-electron chi connectivity index (χ2n) is 6.73. The summed E-state index contributed by atoms with van der Waals surface area (Å²) in [6.45, 7) is 0.534. The number of halogens is 2. The van der Waals surface area contributed by atoms with Crippen molar-refractivity contribution < 1.29 is 18.4 Å². The number of carbonyl (C=O) groups is 2. The molecule has 2 aromatic heterocycles. The number of nitrogens with zero attached hydrogens (tertiary/aromatic N) is 4. The maximum Gasteiger partial charge on any atom is 0.272 e. The van der Waals surface area contributed by atoms with Gasteiger partial charge in [0.1, 0.15) is 11.6 Å². The lowest BCUT2D eigenvalue weighted by Crippen LogP contribution is -2.29. The van der Waals surface area contributed by atoms with Crippen LogP contribution in [0.25, 0.3) is 0 Å². The number of benzene rings is 1. The van der Waals surface area contributed by atoms with Gasteiger partial charge < -0.3 is 10.2 Å². The van der Waals surface area contributed by atoms with Gasteiger partial charge in [-0.1, -0.05) is 6.07 Å². The summed E-state index contributed by atoms with van der Waals surface area (Å²) in [6.07, 6.45) is 3.29. The Morgan fingerprint density at radius 2 is 2.03 bits per heavy atom. The molecule has 3 aromatic rings. The van der Waals surface area contributed by atoms with Gasteiger partial charge in [-0.05, 0) is 29.8 Å². The van der Waals surface area contributed by atoms with Gasteiger partial charge >= 0.3 is 0 Å². The fourth-order valence-corrected chi connectivity index (χ4v) is 3.32. The normalized spacial score (nSPS) is 12.7. The molecule has 0 radical (unpaired) electrons. The topological polar surface area (TPSA) is 80.1 Å². The zero-order valence-corrected chi connectivity index (χ0v) is 15.5. The third-order valence-electron chi connectivity index (χ3n) is 4.80. The lowest BCUT2D eigenvalue weighted by molar-refractivity contribution is 0.0740. The average Bonchev–Trinajstić information content (AvgIpc) is 3.29. The van der Waals surface area contributed by atoms with Gasteiger partial charge in [0.25, 0.3) is 11.8 Å². The van der Waals surface area contributed by atoms with Gasteiger partial charge in [-0.2, -0.15) is 5.10 Å². The number of carbonyl (C=O) groups excluding carboxylic acids is 2. The Hall–Kier alpha value is -3.62. The Kier molecular flexibility index (Phi) is 4.79. The van der Waals surface area contributed by atoms with E-state index >= 15 is 0 Å². The number of aryl methyl sites for hydroxylation is 1. The van der Waals surface area contributed by atoms with E-state index in [2.05, 4.69) is 15.4 Å². The quantitative estimate of drug-likeness (QED) is 0.732. The lowest BCUT2D eigenvalue weighted by Gasteiger charge is -2.16. The Balaban J connectivity index is 1.52. The van der Waals surface area contributed by atoms with Gasteiger partial charge in [0.05, 0.1) is 24.3 Å². The molecule has 1 aliphatic rings. The van der Waals surface area contributed by atoms with Crippen LogP contribution in [0, 0.1) is 11.6 Å². The van der Waals surface area contributed by atoms with Crippen molar-refractivity contribution in [2.75, 3.05) is 0 Å². The molecule has 9 heteroatoms. The first-order chi connectivity index (χ1) is 13.9. The summed E-state index contributed by atoms with van der Waals surface area (Å²) in [6, 6.07) is 6.36. The molecule has 29 heavy (non-hydrogen) atoms. The van der Waals surface area contributed by atoms with Gasteiger partial charge in [0.2, 0.25) is 0 Å². The molecule has 148 valence electrons. The first kappa shape index (κ1) is 18.7. The number of rotatable bonds is 4. The minimum absolute atomic E-state index is 0.0909. The van der Waals surface area contributed by atoms with Crippen molar-refractivity contribution in [1.82, 2.24) is 25.0 Å². The molecule has 2 amide bonds. The maximum absolute atomic E-state index is 14.0. The van der Waals surface area contributed by atoms with Gasteiger partial charge in [0, 0.05) is 31.5 Å². The Labute approximate surface area is 165 Å². The molecule has 1 N–H and O–H groups in total. The van der Waals surface area contributed by atoms with E-state index in [0.717, 1.165) is 23.8 Å². The van der Waals surface area contributed by atoms with Crippen LogP contribution in [0.2, 0.25) is 0 Å². The van der Waals surface area contributed by atoms with Crippen LogP contribution in [-0.2, 0) is 26.7 Å². The zero-order valence-electron chi connectivity index (χ0n) is 15.5. The number of nitrogens with one attached hydrogen (secondary N) is 1. The maximum atomic E-state index is 14.0. The van der Waals surface area contributed by atoms with Gasteiger partial charge in [-0.15, -0.1) is 0 Å². The minimum atomic E-state index is -0.792. The van der Waals surface area contributed by atoms with Crippen molar-refractivity contribution in [3.05, 3.63) is 82.4 Å². The Morgan fingerprint density at radius 3 is 2.79 bits per heavy atom. The van der Waals surface area contributed by atoms with Crippen LogP contribution < -0.4 is 5.32 Å². The monoisotopic (exact) mass is 397 g/mol. The minimum Gasteiger partial charge on any atom is -0.346 e. The highest BCUT2D eigenvalue weighted by Gasteiger charge is 2.33. The highest BCUT2D eigenvalue weighted by atomic mass is 19.1. The molecule has 0 spiro atoms. The number of hydrogen-bond acceptors (Lipinski definition) is 4. The number of amides is 2. The van der Waals surface area contributed by atoms with E-state index in [-0.39, 0.29) is 36.8 Å². The molecular weight excluding hydrogens is 380 g/mol. The second kappa shape index (κ2) is 7.42. The van der Waals surface area contributed by atoms with E-state index in [0.29, 0.717) is 11.3 Å². The summed E-state index contributed by atoms with van der Waals surface area (Å²) in [5.41, 5.74) is 1.99. The van der Waals surface area contributed by atoms with Crippen LogP contribution in [0.4, 0.5) is 8.78 Å². The van der Waals surface area contributed by atoms with Crippen molar-refractivity contribution in [3.8, 4) is 0 Å². The van der Waals surface area contributed by atoms with Crippen LogP contribution in [-0.4, -0.2) is 31.5 Å². The molecule has 0 atom stereocenters. The SMILES string of the molecule is Cn1nc(C(=O)NCc2cccnc2)c2c1CN(C(=O)c1cc(F)ccc1F)C2. The van der Waals surface area contributed by atoms with E-state index in [1.54, 1.807) is 25.5 Å². The van der Waals surface area contributed by atoms with Crippen molar-refractivity contribution in [2.45, 2.75) is 19.6 Å². The van der Waals surface area contributed by atoms with E-state index in [9.17, 15) is 18.4 Å². The molecule has 3 heterocycles. The van der Waals surface area contributed by atoms with Crippen LogP contribution in [0.1, 0.15) is 37.7 Å². The summed E-state index contributed by atoms with van der Waals surface area (Å²) in [5, 5.41) is 7.04. The largest absolute Gasteiger partial charge is 0.346 e. The number of fused-ring (bicyclic) bond motifs is 1. The van der Waals surface area contributed by atoms with E-state index in [1.165, 1.54) is 9.58 Å². The third kappa shape index (κ3) is 3.58. The van der Waals surface area contributed by atoms with Gasteiger partial charge in [-0.25, -0.2) is 8.78 Å². The standard InChI is InChI=1S/C20H17F2N5O2/c1-26-17-11-27(20(29)14-7-13(21)4-5-16(14)22)10-15(17)18(25-26)19(28)24-9-12-3-2-6-23-8-12/h2-8H,9-11H2,1H3,(H,24,28).